The topological polar surface area (TPSA) is 54.4 Å². The van der Waals surface area contributed by atoms with E-state index in [-0.39, 0.29) is 24.8 Å². The van der Waals surface area contributed by atoms with Crippen LogP contribution in [0.5, 0.6) is 11.5 Å². The van der Waals surface area contributed by atoms with Crippen LogP contribution in [-0.4, -0.2) is 87.7 Å². The highest BCUT2D eigenvalue weighted by Crippen LogP contribution is 2.18. The van der Waals surface area contributed by atoms with Crippen molar-refractivity contribution in [2.75, 3.05) is 66.7 Å². The average Bonchev–Trinajstić information content (AvgIpc) is 2.57. The third-order valence-corrected chi connectivity index (χ3v) is 3.91. The number of halogens is 2. The van der Waals surface area contributed by atoms with Crippen LogP contribution in [0.15, 0.2) is 24.3 Å². The molecule has 0 aromatic heterocycles. The molecule has 1 aromatic carbocycles. The first-order valence-corrected chi connectivity index (χ1v) is 8.11. The Morgan fingerprint density at radius 3 is 2.44 bits per heavy atom. The minimum absolute atomic E-state index is 0. The molecule has 1 saturated heterocycles. The van der Waals surface area contributed by atoms with Crippen molar-refractivity contribution >= 4 is 24.8 Å². The van der Waals surface area contributed by atoms with Crippen molar-refractivity contribution in [1.82, 2.24) is 9.80 Å². The lowest BCUT2D eigenvalue weighted by molar-refractivity contribution is 0.00149. The highest BCUT2D eigenvalue weighted by atomic mass is 35.5. The predicted molar refractivity (Wildman–Crippen MR) is 104 cm³/mol. The summed E-state index contributed by atoms with van der Waals surface area (Å²) in [5, 5.41) is 10.0. The second-order valence-corrected chi connectivity index (χ2v) is 5.86. The molecular weight excluding hydrogens is 367 g/mol. The molecule has 1 N–H and O–H groups in total. The normalized spacial score (nSPS) is 16.4. The lowest BCUT2D eigenvalue weighted by Crippen LogP contribution is -2.47. The summed E-state index contributed by atoms with van der Waals surface area (Å²) in [4.78, 5) is 4.58. The molecule has 0 aliphatic carbocycles. The van der Waals surface area contributed by atoms with Gasteiger partial charge >= 0.3 is 0 Å². The molecule has 0 bridgehead atoms. The average molecular weight is 397 g/mol. The van der Waals surface area contributed by atoms with E-state index < -0.39 is 6.10 Å². The van der Waals surface area contributed by atoms with E-state index in [0.29, 0.717) is 26.4 Å². The highest BCUT2D eigenvalue weighted by molar-refractivity contribution is 5.85. The molecular formula is C17H30Cl2N2O4. The van der Waals surface area contributed by atoms with Crippen LogP contribution in [0.4, 0.5) is 0 Å². The molecule has 146 valence electrons. The number of ether oxygens (including phenoxy) is 3. The largest absolute Gasteiger partial charge is 0.497 e. The number of aliphatic hydroxyl groups is 1. The summed E-state index contributed by atoms with van der Waals surface area (Å²) in [6.07, 6.45) is -0.449. The fraction of sp³-hybridized carbons (Fsp3) is 0.647. The lowest BCUT2D eigenvalue weighted by Gasteiger charge is -2.33. The Labute approximate surface area is 162 Å². The molecule has 0 amide bonds. The zero-order valence-corrected chi connectivity index (χ0v) is 16.6. The van der Waals surface area contributed by atoms with Gasteiger partial charge in [-0.3, -0.25) is 4.90 Å². The molecule has 1 aliphatic heterocycles. The maximum atomic E-state index is 10.0. The number of aliphatic hydroxyl groups excluding tert-OH is 1. The number of benzene rings is 1. The van der Waals surface area contributed by atoms with Gasteiger partial charge in [0.1, 0.15) is 18.1 Å². The van der Waals surface area contributed by atoms with Crippen molar-refractivity contribution in [2.24, 2.45) is 0 Å². The lowest BCUT2D eigenvalue weighted by atomic mass is 10.3. The Balaban J connectivity index is 0.00000288. The summed E-state index contributed by atoms with van der Waals surface area (Å²) in [5.74, 6) is 1.52. The summed E-state index contributed by atoms with van der Waals surface area (Å²) in [5.41, 5.74) is 0. The minimum Gasteiger partial charge on any atom is -0.497 e. The number of hydrogen-bond acceptors (Lipinski definition) is 6. The van der Waals surface area contributed by atoms with E-state index in [2.05, 4.69) is 16.8 Å². The van der Waals surface area contributed by atoms with Gasteiger partial charge in [0.2, 0.25) is 0 Å². The number of hydrogen-bond donors (Lipinski definition) is 1. The summed E-state index contributed by atoms with van der Waals surface area (Å²) >= 11 is 0. The van der Waals surface area contributed by atoms with Crippen molar-refractivity contribution in [3.8, 4) is 11.5 Å². The van der Waals surface area contributed by atoms with Crippen LogP contribution < -0.4 is 9.47 Å². The van der Waals surface area contributed by atoms with Gasteiger partial charge < -0.3 is 24.2 Å². The molecule has 1 aromatic rings. The Morgan fingerprint density at radius 2 is 1.76 bits per heavy atom. The van der Waals surface area contributed by atoms with Crippen molar-refractivity contribution in [3.63, 3.8) is 0 Å². The molecule has 25 heavy (non-hydrogen) atoms. The smallest absolute Gasteiger partial charge is 0.123 e. The number of likely N-dealkylation sites (N-methyl/N-ethyl adjacent to an activating group) is 1. The first kappa shape index (κ1) is 24.2. The molecule has 8 heteroatoms. The van der Waals surface area contributed by atoms with Crippen LogP contribution in [0.1, 0.15) is 0 Å². The zero-order valence-electron chi connectivity index (χ0n) is 14.9. The highest BCUT2D eigenvalue weighted by Gasteiger charge is 2.16. The molecule has 1 fully saturated rings. The molecule has 0 radical (unpaired) electrons. The Morgan fingerprint density at radius 1 is 1.08 bits per heavy atom. The standard InChI is InChI=1S/C17H28N2O4.2ClH/c1-18-6-8-19(9-7-18)13-15(20)14-22-10-11-23-17-5-3-4-16(12-17)21-2;;/h3-5,12,15,20H,6-11,13-14H2,1-2H3;2*1H. The Bertz CT molecular complexity index is 460. The molecule has 2 rings (SSSR count). The number of piperazine rings is 1. The van der Waals surface area contributed by atoms with Gasteiger partial charge in [-0.05, 0) is 19.2 Å². The van der Waals surface area contributed by atoms with Gasteiger partial charge in [0, 0.05) is 38.8 Å². The van der Waals surface area contributed by atoms with Gasteiger partial charge in [0.05, 0.1) is 26.4 Å². The Hall–Kier alpha value is -0.760. The van der Waals surface area contributed by atoms with E-state index in [0.717, 1.165) is 37.7 Å². The van der Waals surface area contributed by atoms with E-state index >= 15 is 0 Å². The summed E-state index contributed by atoms with van der Waals surface area (Å²) in [6, 6.07) is 7.47. The molecule has 6 nitrogen and oxygen atoms in total. The fourth-order valence-corrected chi connectivity index (χ4v) is 2.51. The quantitative estimate of drug-likeness (QED) is 0.639. The second kappa shape index (κ2) is 13.4. The molecule has 0 saturated carbocycles. The van der Waals surface area contributed by atoms with Gasteiger partial charge in [0.15, 0.2) is 0 Å². The van der Waals surface area contributed by atoms with Crippen LogP contribution in [0.3, 0.4) is 0 Å². The van der Waals surface area contributed by atoms with Gasteiger partial charge in [-0.25, -0.2) is 0 Å². The van der Waals surface area contributed by atoms with Gasteiger partial charge in [0.25, 0.3) is 0 Å². The number of rotatable bonds is 9. The van der Waals surface area contributed by atoms with E-state index in [4.69, 9.17) is 14.2 Å². The minimum atomic E-state index is -0.449. The SMILES string of the molecule is COc1cccc(OCCOCC(O)CN2CCN(C)CC2)c1.Cl.Cl. The van der Waals surface area contributed by atoms with E-state index in [9.17, 15) is 5.11 Å². The third-order valence-electron chi connectivity index (χ3n) is 3.91. The van der Waals surface area contributed by atoms with Crippen LogP contribution >= 0.6 is 24.8 Å². The molecule has 1 heterocycles. The second-order valence-electron chi connectivity index (χ2n) is 5.86. The number of nitrogens with zero attached hydrogens (tertiary/aromatic N) is 2. The first-order chi connectivity index (χ1) is 11.2. The predicted octanol–water partition coefficient (Wildman–Crippen LogP) is 1.54. The Kier molecular flexibility index (Phi) is 13.0. The number of β-amino-alcohol motifs (C(OH)–C–C–N with tert-alkyl or cyclic N) is 1. The molecule has 1 atom stereocenters. The van der Waals surface area contributed by atoms with Crippen LogP contribution in [0.25, 0.3) is 0 Å². The molecule has 1 aliphatic rings. The maximum Gasteiger partial charge on any atom is 0.123 e. The van der Waals surface area contributed by atoms with Crippen molar-refractivity contribution < 1.29 is 19.3 Å². The van der Waals surface area contributed by atoms with Gasteiger partial charge in [-0.1, -0.05) is 6.07 Å². The fourth-order valence-electron chi connectivity index (χ4n) is 2.51. The zero-order chi connectivity index (χ0) is 16.5. The van der Waals surface area contributed by atoms with Crippen molar-refractivity contribution in [1.29, 1.82) is 0 Å². The molecule has 0 spiro atoms. The van der Waals surface area contributed by atoms with Gasteiger partial charge in [-0.2, -0.15) is 0 Å². The maximum absolute atomic E-state index is 10.0. The first-order valence-electron chi connectivity index (χ1n) is 8.11. The van der Waals surface area contributed by atoms with E-state index in [1.54, 1.807) is 7.11 Å². The van der Waals surface area contributed by atoms with Crippen LogP contribution in [-0.2, 0) is 4.74 Å². The van der Waals surface area contributed by atoms with E-state index in [1.807, 2.05) is 24.3 Å². The van der Waals surface area contributed by atoms with E-state index in [1.165, 1.54) is 0 Å². The number of methoxy groups -OCH3 is 1. The molecule has 1 unspecified atom stereocenters. The third kappa shape index (κ3) is 9.49. The van der Waals surface area contributed by atoms with Crippen molar-refractivity contribution in [2.45, 2.75) is 6.10 Å². The van der Waals surface area contributed by atoms with Crippen LogP contribution in [0, 0.1) is 0 Å². The van der Waals surface area contributed by atoms with Crippen LogP contribution in [0.2, 0.25) is 0 Å². The monoisotopic (exact) mass is 396 g/mol. The van der Waals surface area contributed by atoms with Crippen molar-refractivity contribution in [3.05, 3.63) is 24.3 Å². The summed E-state index contributed by atoms with van der Waals surface area (Å²) in [6.45, 7) is 6.05. The van der Waals surface area contributed by atoms with Gasteiger partial charge in [-0.15, -0.1) is 24.8 Å². The summed E-state index contributed by atoms with van der Waals surface area (Å²) in [7, 11) is 3.75. The summed E-state index contributed by atoms with van der Waals surface area (Å²) < 4.78 is 16.2.